The van der Waals surface area contributed by atoms with Crippen LogP contribution >= 0.6 is 0 Å². The van der Waals surface area contributed by atoms with Gasteiger partial charge in [-0.25, -0.2) is 0 Å². The Labute approximate surface area is 149 Å². The van der Waals surface area contributed by atoms with E-state index < -0.39 is 0 Å². The molecule has 0 fully saturated rings. The number of nitrogens with zero attached hydrogens (tertiary/aromatic N) is 2. The predicted octanol–water partition coefficient (Wildman–Crippen LogP) is 4.28. The number of aryl methyl sites for hydroxylation is 1. The van der Waals surface area contributed by atoms with E-state index >= 15 is 0 Å². The van der Waals surface area contributed by atoms with Gasteiger partial charge in [-0.3, -0.25) is 9.78 Å². The molecule has 0 unspecified atom stereocenters. The van der Waals surface area contributed by atoms with Crippen LogP contribution in [0.15, 0.2) is 79.0 Å². The molecule has 126 valence electrons. The molecule has 3 heteroatoms. The zero-order chi connectivity index (χ0) is 17.5. The van der Waals surface area contributed by atoms with Crippen LogP contribution in [-0.2, 0) is 13.0 Å². The SMILES string of the molecule is Cc1ccc(C(=O)N(CCc2ccccc2)Cc2ccccn2)cc1. The largest absolute Gasteiger partial charge is 0.332 e. The molecule has 0 radical (unpaired) electrons. The van der Waals surface area contributed by atoms with E-state index in [1.54, 1.807) is 6.20 Å². The molecule has 25 heavy (non-hydrogen) atoms. The summed E-state index contributed by atoms with van der Waals surface area (Å²) in [7, 11) is 0. The van der Waals surface area contributed by atoms with E-state index in [1.807, 2.05) is 72.5 Å². The van der Waals surface area contributed by atoms with Crippen LogP contribution in [0.5, 0.6) is 0 Å². The molecule has 3 nitrogen and oxygen atoms in total. The Balaban J connectivity index is 1.77. The molecular formula is C22H22N2O. The minimum atomic E-state index is 0.0431. The zero-order valence-corrected chi connectivity index (χ0v) is 14.4. The normalized spacial score (nSPS) is 10.4. The third kappa shape index (κ3) is 4.77. The van der Waals surface area contributed by atoms with Gasteiger partial charge in [0.1, 0.15) is 0 Å². The van der Waals surface area contributed by atoms with Gasteiger partial charge in [-0.15, -0.1) is 0 Å². The first-order chi connectivity index (χ1) is 12.2. The van der Waals surface area contributed by atoms with E-state index in [0.717, 1.165) is 23.2 Å². The van der Waals surface area contributed by atoms with Gasteiger partial charge in [0.2, 0.25) is 0 Å². The summed E-state index contributed by atoms with van der Waals surface area (Å²) >= 11 is 0. The summed E-state index contributed by atoms with van der Waals surface area (Å²) in [6.07, 6.45) is 2.59. The average molecular weight is 330 g/mol. The monoisotopic (exact) mass is 330 g/mol. The molecule has 0 N–H and O–H groups in total. The minimum Gasteiger partial charge on any atom is -0.332 e. The molecule has 2 aromatic carbocycles. The lowest BCUT2D eigenvalue weighted by Crippen LogP contribution is -2.32. The number of hydrogen-bond donors (Lipinski definition) is 0. The van der Waals surface area contributed by atoms with Crippen molar-refractivity contribution in [3.63, 3.8) is 0 Å². The first-order valence-electron chi connectivity index (χ1n) is 8.52. The van der Waals surface area contributed by atoms with Gasteiger partial charge >= 0.3 is 0 Å². The predicted molar refractivity (Wildman–Crippen MR) is 100 cm³/mol. The van der Waals surface area contributed by atoms with Crippen LogP contribution in [0.2, 0.25) is 0 Å². The molecule has 1 amide bonds. The van der Waals surface area contributed by atoms with Crippen molar-refractivity contribution in [2.24, 2.45) is 0 Å². The molecule has 0 aliphatic heterocycles. The summed E-state index contributed by atoms with van der Waals surface area (Å²) in [5.41, 5.74) is 3.99. The zero-order valence-electron chi connectivity index (χ0n) is 14.4. The highest BCUT2D eigenvalue weighted by Crippen LogP contribution is 2.12. The maximum atomic E-state index is 13.0. The summed E-state index contributed by atoms with van der Waals surface area (Å²) in [4.78, 5) is 19.2. The third-order valence-corrected chi connectivity index (χ3v) is 4.18. The Morgan fingerprint density at radius 2 is 1.64 bits per heavy atom. The molecule has 0 spiro atoms. The van der Waals surface area contributed by atoms with Crippen molar-refractivity contribution in [3.05, 3.63) is 101 Å². The summed E-state index contributed by atoms with van der Waals surface area (Å²) in [6, 6.07) is 23.8. The molecule has 1 heterocycles. The Bertz CT molecular complexity index is 798. The van der Waals surface area contributed by atoms with Gasteiger partial charge in [0.25, 0.3) is 5.91 Å². The van der Waals surface area contributed by atoms with Crippen molar-refractivity contribution in [2.75, 3.05) is 6.54 Å². The lowest BCUT2D eigenvalue weighted by Gasteiger charge is -2.23. The second-order valence-corrected chi connectivity index (χ2v) is 6.15. The molecular weight excluding hydrogens is 308 g/mol. The second kappa shape index (κ2) is 8.25. The molecule has 0 aliphatic rings. The second-order valence-electron chi connectivity index (χ2n) is 6.15. The fourth-order valence-corrected chi connectivity index (χ4v) is 2.73. The third-order valence-electron chi connectivity index (χ3n) is 4.18. The van der Waals surface area contributed by atoms with E-state index in [9.17, 15) is 4.79 Å². The van der Waals surface area contributed by atoms with Crippen LogP contribution in [0.25, 0.3) is 0 Å². The molecule has 0 bridgehead atoms. The van der Waals surface area contributed by atoms with Crippen LogP contribution < -0.4 is 0 Å². The maximum Gasteiger partial charge on any atom is 0.254 e. The van der Waals surface area contributed by atoms with Gasteiger partial charge in [-0.1, -0.05) is 54.1 Å². The average Bonchev–Trinajstić information content (AvgIpc) is 2.67. The van der Waals surface area contributed by atoms with Crippen molar-refractivity contribution < 1.29 is 4.79 Å². The van der Waals surface area contributed by atoms with Gasteiger partial charge in [0.15, 0.2) is 0 Å². The molecule has 3 rings (SSSR count). The van der Waals surface area contributed by atoms with E-state index in [1.165, 1.54) is 5.56 Å². The Morgan fingerprint density at radius 3 is 2.32 bits per heavy atom. The van der Waals surface area contributed by atoms with Crippen LogP contribution in [0.3, 0.4) is 0 Å². The number of pyridine rings is 1. The van der Waals surface area contributed by atoms with Gasteiger partial charge < -0.3 is 4.90 Å². The highest BCUT2D eigenvalue weighted by Gasteiger charge is 2.16. The molecule has 0 saturated heterocycles. The van der Waals surface area contributed by atoms with Crippen LogP contribution in [0, 0.1) is 6.92 Å². The standard InChI is InChI=1S/C22H22N2O/c1-18-10-12-20(13-11-18)22(25)24(17-21-9-5-6-15-23-21)16-14-19-7-3-2-4-8-19/h2-13,15H,14,16-17H2,1H3. The molecule has 0 aliphatic carbocycles. The van der Waals surface area contributed by atoms with E-state index in [0.29, 0.717) is 13.1 Å². The van der Waals surface area contributed by atoms with Crippen LogP contribution in [0.1, 0.15) is 27.2 Å². The number of benzene rings is 2. The number of carbonyl (C=O) groups is 1. The van der Waals surface area contributed by atoms with Crippen molar-refractivity contribution in [3.8, 4) is 0 Å². The van der Waals surface area contributed by atoms with Crippen LogP contribution in [-0.4, -0.2) is 22.3 Å². The van der Waals surface area contributed by atoms with E-state index in [2.05, 4.69) is 17.1 Å². The lowest BCUT2D eigenvalue weighted by atomic mass is 10.1. The van der Waals surface area contributed by atoms with Gasteiger partial charge in [0, 0.05) is 18.3 Å². The number of carbonyl (C=O) groups excluding carboxylic acids is 1. The van der Waals surface area contributed by atoms with Crippen molar-refractivity contribution >= 4 is 5.91 Å². The highest BCUT2D eigenvalue weighted by molar-refractivity contribution is 5.94. The molecule has 3 aromatic rings. The minimum absolute atomic E-state index is 0.0431. The smallest absolute Gasteiger partial charge is 0.254 e. The number of amides is 1. The van der Waals surface area contributed by atoms with E-state index in [-0.39, 0.29) is 5.91 Å². The summed E-state index contributed by atoms with van der Waals surface area (Å²) < 4.78 is 0. The lowest BCUT2D eigenvalue weighted by molar-refractivity contribution is 0.0743. The van der Waals surface area contributed by atoms with Gasteiger partial charge in [0.05, 0.1) is 12.2 Å². The summed E-state index contributed by atoms with van der Waals surface area (Å²) in [5, 5.41) is 0. The number of hydrogen-bond acceptors (Lipinski definition) is 2. The van der Waals surface area contributed by atoms with Gasteiger partial charge in [-0.05, 0) is 43.2 Å². The fraction of sp³-hybridized carbons (Fsp3) is 0.182. The fourth-order valence-electron chi connectivity index (χ4n) is 2.73. The van der Waals surface area contributed by atoms with Crippen LogP contribution in [0.4, 0.5) is 0 Å². The first-order valence-corrected chi connectivity index (χ1v) is 8.52. The van der Waals surface area contributed by atoms with Crippen molar-refractivity contribution in [1.82, 2.24) is 9.88 Å². The van der Waals surface area contributed by atoms with Crippen molar-refractivity contribution in [1.29, 1.82) is 0 Å². The quantitative estimate of drug-likeness (QED) is 0.676. The molecule has 0 atom stereocenters. The summed E-state index contributed by atoms with van der Waals surface area (Å²) in [6.45, 7) is 3.20. The molecule has 1 aromatic heterocycles. The van der Waals surface area contributed by atoms with E-state index in [4.69, 9.17) is 0 Å². The van der Waals surface area contributed by atoms with Crippen molar-refractivity contribution in [2.45, 2.75) is 19.9 Å². The Kier molecular flexibility index (Phi) is 5.57. The topological polar surface area (TPSA) is 33.2 Å². The maximum absolute atomic E-state index is 13.0. The molecule has 0 saturated carbocycles. The Hall–Kier alpha value is -2.94. The number of aromatic nitrogens is 1. The summed E-state index contributed by atoms with van der Waals surface area (Å²) in [5.74, 6) is 0.0431. The highest BCUT2D eigenvalue weighted by atomic mass is 16.2. The Morgan fingerprint density at radius 1 is 0.920 bits per heavy atom. The first kappa shape index (κ1) is 16.9. The van der Waals surface area contributed by atoms with Gasteiger partial charge in [-0.2, -0.15) is 0 Å². The number of rotatable bonds is 6.